The minimum absolute atomic E-state index is 0.144. The number of piperazine rings is 1. The fourth-order valence-electron chi connectivity index (χ4n) is 2.91. The Hall–Kier alpha value is -3.20. The van der Waals surface area contributed by atoms with Crippen LogP contribution in [0.1, 0.15) is 5.56 Å². The number of anilines is 2. The lowest BCUT2D eigenvalue weighted by Gasteiger charge is -2.36. The summed E-state index contributed by atoms with van der Waals surface area (Å²) in [5.41, 5.74) is 2.21. The van der Waals surface area contributed by atoms with Gasteiger partial charge in [0.25, 0.3) is 0 Å². The van der Waals surface area contributed by atoms with E-state index in [0.29, 0.717) is 24.3 Å². The second kappa shape index (κ2) is 7.58. The van der Waals surface area contributed by atoms with E-state index in [1.807, 2.05) is 24.3 Å². The van der Waals surface area contributed by atoms with E-state index in [4.69, 9.17) is 10.00 Å². The Morgan fingerprint density at radius 2 is 1.88 bits per heavy atom. The Balaban J connectivity index is 1.60. The average Bonchev–Trinajstić information content (AvgIpc) is 2.68. The van der Waals surface area contributed by atoms with Crippen LogP contribution in [0.4, 0.5) is 16.2 Å². The van der Waals surface area contributed by atoms with Crippen molar-refractivity contribution in [2.45, 2.75) is 0 Å². The molecule has 2 amide bonds. The first-order valence-corrected chi connectivity index (χ1v) is 8.15. The summed E-state index contributed by atoms with van der Waals surface area (Å²) in [7, 11) is 1.66. The fraction of sp³-hybridized carbons (Fsp3) is 0.263. The summed E-state index contributed by atoms with van der Waals surface area (Å²) in [5.74, 6) is 0.841. The van der Waals surface area contributed by atoms with Gasteiger partial charge in [0.2, 0.25) is 0 Å². The number of nitrogens with zero attached hydrogens (tertiary/aromatic N) is 3. The molecule has 0 saturated carbocycles. The van der Waals surface area contributed by atoms with Crippen LogP contribution >= 0.6 is 0 Å². The minimum atomic E-state index is -0.144. The topological polar surface area (TPSA) is 68.6 Å². The van der Waals surface area contributed by atoms with Crippen molar-refractivity contribution >= 4 is 17.4 Å². The van der Waals surface area contributed by atoms with Crippen LogP contribution in [0, 0.1) is 11.3 Å². The quantitative estimate of drug-likeness (QED) is 0.936. The zero-order valence-corrected chi connectivity index (χ0v) is 14.1. The molecule has 1 saturated heterocycles. The number of rotatable bonds is 3. The number of amides is 2. The van der Waals surface area contributed by atoms with Crippen LogP contribution in [0.15, 0.2) is 48.5 Å². The second-order valence-corrected chi connectivity index (χ2v) is 5.77. The summed E-state index contributed by atoms with van der Waals surface area (Å²) in [5, 5.41) is 11.8. The molecule has 0 unspecified atom stereocenters. The van der Waals surface area contributed by atoms with Crippen molar-refractivity contribution < 1.29 is 9.53 Å². The van der Waals surface area contributed by atoms with Crippen LogP contribution < -0.4 is 15.0 Å². The third kappa shape index (κ3) is 3.83. The number of benzene rings is 2. The monoisotopic (exact) mass is 336 g/mol. The van der Waals surface area contributed by atoms with Gasteiger partial charge in [0.05, 0.1) is 24.4 Å². The highest BCUT2D eigenvalue weighted by atomic mass is 16.5. The third-order valence-electron chi connectivity index (χ3n) is 4.24. The molecule has 1 heterocycles. The van der Waals surface area contributed by atoms with Gasteiger partial charge in [-0.2, -0.15) is 5.26 Å². The van der Waals surface area contributed by atoms with Gasteiger partial charge in [-0.15, -0.1) is 0 Å². The number of urea groups is 1. The number of hydrogen-bond donors (Lipinski definition) is 1. The Morgan fingerprint density at radius 3 is 2.60 bits per heavy atom. The van der Waals surface area contributed by atoms with E-state index in [2.05, 4.69) is 16.3 Å². The predicted octanol–water partition coefficient (Wildman–Crippen LogP) is 2.92. The molecule has 2 aromatic carbocycles. The zero-order chi connectivity index (χ0) is 17.6. The Labute approximate surface area is 147 Å². The first-order valence-electron chi connectivity index (χ1n) is 8.15. The summed E-state index contributed by atoms with van der Waals surface area (Å²) in [6, 6.07) is 16.7. The molecular weight excluding hydrogens is 316 g/mol. The first kappa shape index (κ1) is 16.7. The van der Waals surface area contributed by atoms with Gasteiger partial charge in [0, 0.05) is 31.9 Å². The Bertz CT molecular complexity index is 792. The molecular formula is C19H20N4O2. The van der Waals surface area contributed by atoms with Gasteiger partial charge in [0.15, 0.2) is 0 Å². The maximum absolute atomic E-state index is 12.4. The summed E-state index contributed by atoms with van der Waals surface area (Å²) >= 11 is 0. The zero-order valence-electron chi connectivity index (χ0n) is 14.1. The molecule has 1 fully saturated rings. The lowest BCUT2D eigenvalue weighted by Crippen LogP contribution is -2.50. The average molecular weight is 336 g/mol. The largest absolute Gasteiger partial charge is 0.495 e. The number of carbonyl (C=O) groups is 1. The van der Waals surface area contributed by atoms with Crippen LogP contribution in [-0.4, -0.2) is 44.2 Å². The van der Waals surface area contributed by atoms with E-state index in [-0.39, 0.29) is 6.03 Å². The molecule has 0 spiro atoms. The van der Waals surface area contributed by atoms with E-state index in [0.717, 1.165) is 24.5 Å². The van der Waals surface area contributed by atoms with Crippen LogP contribution in [-0.2, 0) is 0 Å². The van der Waals surface area contributed by atoms with Crippen molar-refractivity contribution in [1.29, 1.82) is 5.26 Å². The molecule has 25 heavy (non-hydrogen) atoms. The molecule has 0 bridgehead atoms. The number of carbonyl (C=O) groups excluding carboxylic acids is 1. The van der Waals surface area contributed by atoms with E-state index in [1.165, 1.54) is 0 Å². The number of para-hydroxylation sites is 2. The molecule has 1 N–H and O–H groups in total. The van der Waals surface area contributed by atoms with E-state index < -0.39 is 0 Å². The highest BCUT2D eigenvalue weighted by Gasteiger charge is 2.22. The lowest BCUT2D eigenvalue weighted by molar-refractivity contribution is 0.208. The smallest absolute Gasteiger partial charge is 0.321 e. The molecule has 2 aromatic rings. The molecule has 0 aromatic heterocycles. The molecule has 0 atom stereocenters. The van der Waals surface area contributed by atoms with Gasteiger partial charge in [-0.3, -0.25) is 0 Å². The van der Waals surface area contributed by atoms with E-state index >= 15 is 0 Å². The predicted molar refractivity (Wildman–Crippen MR) is 97.0 cm³/mol. The molecule has 0 radical (unpaired) electrons. The third-order valence-corrected chi connectivity index (χ3v) is 4.24. The number of ether oxygens (including phenoxy) is 1. The first-order chi connectivity index (χ1) is 12.2. The number of hydrogen-bond acceptors (Lipinski definition) is 4. The maximum Gasteiger partial charge on any atom is 0.321 e. The van der Waals surface area contributed by atoms with Crippen LogP contribution in [0.3, 0.4) is 0 Å². The molecule has 128 valence electrons. The second-order valence-electron chi connectivity index (χ2n) is 5.77. The van der Waals surface area contributed by atoms with Gasteiger partial charge in [-0.05, 0) is 30.3 Å². The van der Waals surface area contributed by atoms with Gasteiger partial charge in [0.1, 0.15) is 5.75 Å². The van der Waals surface area contributed by atoms with Crippen molar-refractivity contribution in [1.82, 2.24) is 4.90 Å². The lowest BCUT2D eigenvalue weighted by atomic mass is 10.2. The van der Waals surface area contributed by atoms with E-state index in [1.54, 1.807) is 36.3 Å². The van der Waals surface area contributed by atoms with Crippen LogP contribution in [0.2, 0.25) is 0 Å². The fourth-order valence-corrected chi connectivity index (χ4v) is 2.91. The Morgan fingerprint density at radius 1 is 1.12 bits per heavy atom. The SMILES string of the molecule is COc1ccccc1N1CCN(C(=O)Nc2cccc(C#N)c2)CC1. The highest BCUT2D eigenvalue weighted by molar-refractivity contribution is 5.89. The maximum atomic E-state index is 12.4. The number of nitriles is 1. The molecule has 0 aliphatic carbocycles. The van der Waals surface area contributed by atoms with Crippen LogP contribution in [0.5, 0.6) is 5.75 Å². The van der Waals surface area contributed by atoms with E-state index in [9.17, 15) is 4.79 Å². The molecule has 1 aliphatic rings. The number of methoxy groups -OCH3 is 1. The normalized spacial score (nSPS) is 13.9. The minimum Gasteiger partial charge on any atom is -0.495 e. The van der Waals surface area contributed by atoms with Crippen molar-refractivity contribution in [2.75, 3.05) is 43.5 Å². The molecule has 1 aliphatic heterocycles. The van der Waals surface area contributed by atoms with Gasteiger partial charge in [-0.1, -0.05) is 18.2 Å². The van der Waals surface area contributed by atoms with Crippen LogP contribution in [0.25, 0.3) is 0 Å². The van der Waals surface area contributed by atoms with Crippen molar-refractivity contribution in [3.8, 4) is 11.8 Å². The van der Waals surface area contributed by atoms with Gasteiger partial charge >= 0.3 is 6.03 Å². The molecule has 3 rings (SSSR count). The standard InChI is InChI=1S/C19H20N4O2/c1-25-18-8-3-2-7-17(18)22-9-11-23(12-10-22)19(24)21-16-6-4-5-15(13-16)14-20/h2-8,13H,9-12H2,1H3,(H,21,24). The van der Waals surface area contributed by atoms with Crippen molar-refractivity contribution in [3.05, 3.63) is 54.1 Å². The van der Waals surface area contributed by atoms with Gasteiger partial charge < -0.3 is 19.9 Å². The molecule has 6 heteroatoms. The van der Waals surface area contributed by atoms with Crippen molar-refractivity contribution in [2.24, 2.45) is 0 Å². The summed E-state index contributed by atoms with van der Waals surface area (Å²) in [6.07, 6.45) is 0. The molecule has 6 nitrogen and oxygen atoms in total. The number of nitrogens with one attached hydrogen (secondary N) is 1. The van der Waals surface area contributed by atoms with Gasteiger partial charge in [-0.25, -0.2) is 4.79 Å². The highest BCUT2D eigenvalue weighted by Crippen LogP contribution is 2.28. The summed E-state index contributed by atoms with van der Waals surface area (Å²) < 4.78 is 5.41. The van der Waals surface area contributed by atoms with Crippen molar-refractivity contribution in [3.63, 3.8) is 0 Å². The Kier molecular flexibility index (Phi) is 5.05. The summed E-state index contributed by atoms with van der Waals surface area (Å²) in [4.78, 5) is 16.4. The summed E-state index contributed by atoms with van der Waals surface area (Å²) in [6.45, 7) is 2.74.